The number of halogens is 2. The van der Waals surface area contributed by atoms with E-state index >= 15 is 0 Å². The number of carboxylic acid groups (broad SMARTS) is 1. The molecule has 19 heavy (non-hydrogen) atoms. The van der Waals surface area contributed by atoms with E-state index in [-0.39, 0.29) is 11.7 Å². The molecular weight excluding hydrogens is 278 g/mol. The van der Waals surface area contributed by atoms with E-state index in [9.17, 15) is 22.0 Å². The summed E-state index contributed by atoms with van der Waals surface area (Å²) >= 11 is 0. The third kappa shape index (κ3) is 3.28. The first-order chi connectivity index (χ1) is 8.70. The lowest BCUT2D eigenvalue weighted by Gasteiger charge is -2.11. The molecule has 7 heteroatoms. The van der Waals surface area contributed by atoms with Crippen molar-refractivity contribution in [2.75, 3.05) is 5.75 Å². The summed E-state index contributed by atoms with van der Waals surface area (Å²) in [5.74, 6) is -5.20. The number of hydrogen-bond acceptors (Lipinski definition) is 3. The highest BCUT2D eigenvalue weighted by atomic mass is 32.2. The summed E-state index contributed by atoms with van der Waals surface area (Å²) in [4.78, 5) is 9.95. The van der Waals surface area contributed by atoms with Gasteiger partial charge in [-0.25, -0.2) is 22.0 Å². The Hall–Kier alpha value is -1.50. The lowest BCUT2D eigenvalue weighted by Crippen LogP contribution is -2.17. The summed E-state index contributed by atoms with van der Waals surface area (Å²) in [6.45, 7) is 3.46. The molecule has 1 atom stereocenters. The SMILES string of the molecule is CCC(C)CS(=O)(=O)c1ccc(F)c(C(=O)O)c1F. The van der Waals surface area contributed by atoms with Crippen LogP contribution in [0.15, 0.2) is 17.0 Å². The van der Waals surface area contributed by atoms with Gasteiger partial charge in [0.2, 0.25) is 0 Å². The van der Waals surface area contributed by atoms with Crippen molar-refractivity contribution >= 4 is 15.8 Å². The van der Waals surface area contributed by atoms with Gasteiger partial charge in [0.1, 0.15) is 16.3 Å². The van der Waals surface area contributed by atoms with E-state index in [1.54, 1.807) is 13.8 Å². The van der Waals surface area contributed by atoms with E-state index < -0.39 is 37.9 Å². The Kier molecular flexibility index (Phi) is 4.62. The molecule has 1 aromatic carbocycles. The predicted molar refractivity (Wildman–Crippen MR) is 64.8 cm³/mol. The number of sulfone groups is 1. The van der Waals surface area contributed by atoms with E-state index in [0.29, 0.717) is 12.5 Å². The number of rotatable bonds is 5. The van der Waals surface area contributed by atoms with Crippen LogP contribution in [0.2, 0.25) is 0 Å². The van der Waals surface area contributed by atoms with Crippen molar-refractivity contribution in [3.05, 3.63) is 29.3 Å². The molecule has 0 fully saturated rings. The highest BCUT2D eigenvalue weighted by molar-refractivity contribution is 7.91. The van der Waals surface area contributed by atoms with E-state index in [0.717, 1.165) is 6.07 Å². The molecule has 106 valence electrons. The van der Waals surface area contributed by atoms with Gasteiger partial charge >= 0.3 is 5.97 Å². The molecule has 0 bridgehead atoms. The van der Waals surface area contributed by atoms with Gasteiger partial charge in [-0.15, -0.1) is 0 Å². The molecule has 1 aromatic rings. The van der Waals surface area contributed by atoms with Crippen LogP contribution in [0, 0.1) is 17.6 Å². The molecule has 1 N–H and O–H groups in total. The minimum Gasteiger partial charge on any atom is -0.477 e. The van der Waals surface area contributed by atoms with Crippen molar-refractivity contribution in [1.29, 1.82) is 0 Å². The molecule has 0 aliphatic rings. The molecule has 1 unspecified atom stereocenters. The number of carbonyl (C=O) groups is 1. The molecule has 0 spiro atoms. The van der Waals surface area contributed by atoms with Crippen molar-refractivity contribution in [1.82, 2.24) is 0 Å². The van der Waals surface area contributed by atoms with Crippen LogP contribution in [0.25, 0.3) is 0 Å². The maximum Gasteiger partial charge on any atom is 0.341 e. The number of hydrogen-bond donors (Lipinski definition) is 1. The van der Waals surface area contributed by atoms with Crippen LogP contribution in [-0.2, 0) is 9.84 Å². The topological polar surface area (TPSA) is 71.4 Å². The first kappa shape index (κ1) is 15.6. The van der Waals surface area contributed by atoms with E-state index in [1.165, 1.54) is 0 Å². The van der Waals surface area contributed by atoms with Crippen LogP contribution >= 0.6 is 0 Å². The molecule has 0 saturated carbocycles. The lowest BCUT2D eigenvalue weighted by molar-refractivity contribution is 0.0685. The zero-order chi connectivity index (χ0) is 14.8. The largest absolute Gasteiger partial charge is 0.477 e. The van der Waals surface area contributed by atoms with Crippen LogP contribution in [0.4, 0.5) is 8.78 Å². The van der Waals surface area contributed by atoms with E-state index in [4.69, 9.17) is 5.11 Å². The monoisotopic (exact) mass is 292 g/mol. The minimum absolute atomic E-state index is 0.206. The van der Waals surface area contributed by atoms with Crippen molar-refractivity contribution in [2.24, 2.45) is 5.92 Å². The first-order valence-electron chi connectivity index (χ1n) is 5.64. The van der Waals surface area contributed by atoms with Crippen LogP contribution < -0.4 is 0 Å². The second kappa shape index (κ2) is 5.64. The van der Waals surface area contributed by atoms with Crippen LogP contribution in [0.3, 0.4) is 0 Å². The third-order valence-corrected chi connectivity index (χ3v) is 4.80. The summed E-state index contributed by atoms with van der Waals surface area (Å²) in [6.07, 6.45) is 0.577. The highest BCUT2D eigenvalue weighted by Gasteiger charge is 2.27. The van der Waals surface area contributed by atoms with Crippen molar-refractivity contribution in [3.63, 3.8) is 0 Å². The Bertz CT molecular complexity index is 596. The smallest absolute Gasteiger partial charge is 0.341 e. The van der Waals surface area contributed by atoms with Gasteiger partial charge in [0.15, 0.2) is 15.7 Å². The Balaban J connectivity index is 3.37. The average molecular weight is 292 g/mol. The summed E-state index contributed by atoms with van der Waals surface area (Å²) in [7, 11) is -3.98. The second-order valence-electron chi connectivity index (χ2n) is 4.33. The lowest BCUT2D eigenvalue weighted by atomic mass is 10.2. The molecule has 0 amide bonds. The molecule has 0 aliphatic heterocycles. The fourth-order valence-electron chi connectivity index (χ4n) is 1.55. The Morgan fingerprint density at radius 1 is 1.37 bits per heavy atom. The standard InChI is InChI=1S/C12H14F2O4S/c1-3-7(2)6-19(17,18)9-5-4-8(13)10(11(9)14)12(15)16/h4-5,7H,3,6H2,1-2H3,(H,15,16). The molecule has 0 heterocycles. The summed E-state index contributed by atoms with van der Waals surface area (Å²) in [5, 5.41) is 8.69. The van der Waals surface area contributed by atoms with Crippen molar-refractivity contribution in [3.8, 4) is 0 Å². The maximum absolute atomic E-state index is 13.8. The molecule has 0 saturated heterocycles. The van der Waals surface area contributed by atoms with Gasteiger partial charge in [-0.05, 0) is 18.1 Å². The summed E-state index contributed by atoms with van der Waals surface area (Å²) < 4.78 is 50.9. The molecule has 0 aliphatic carbocycles. The third-order valence-electron chi connectivity index (χ3n) is 2.81. The molecule has 4 nitrogen and oxygen atoms in total. The Morgan fingerprint density at radius 3 is 2.42 bits per heavy atom. The zero-order valence-electron chi connectivity index (χ0n) is 10.5. The van der Waals surface area contributed by atoms with E-state index in [1.807, 2.05) is 0 Å². The normalized spacial score (nSPS) is 13.3. The van der Waals surface area contributed by atoms with Gasteiger partial charge in [0.25, 0.3) is 0 Å². The quantitative estimate of drug-likeness (QED) is 0.846. The second-order valence-corrected chi connectivity index (χ2v) is 6.34. The highest BCUT2D eigenvalue weighted by Crippen LogP contribution is 2.23. The van der Waals surface area contributed by atoms with Gasteiger partial charge in [-0.1, -0.05) is 20.3 Å². The Labute approximate surface area is 110 Å². The molecular formula is C12H14F2O4S. The Morgan fingerprint density at radius 2 is 1.95 bits per heavy atom. The molecule has 0 radical (unpaired) electrons. The van der Waals surface area contributed by atoms with Crippen LogP contribution in [-0.4, -0.2) is 25.2 Å². The number of carboxylic acids is 1. The van der Waals surface area contributed by atoms with Gasteiger partial charge < -0.3 is 5.11 Å². The maximum atomic E-state index is 13.8. The first-order valence-corrected chi connectivity index (χ1v) is 7.30. The van der Waals surface area contributed by atoms with Gasteiger partial charge in [0.05, 0.1) is 5.75 Å². The zero-order valence-corrected chi connectivity index (χ0v) is 11.3. The summed E-state index contributed by atoms with van der Waals surface area (Å²) in [6, 6.07) is 1.41. The van der Waals surface area contributed by atoms with Crippen molar-refractivity contribution in [2.45, 2.75) is 25.2 Å². The van der Waals surface area contributed by atoms with Gasteiger partial charge in [-0.3, -0.25) is 0 Å². The van der Waals surface area contributed by atoms with Crippen molar-refractivity contribution < 1.29 is 27.1 Å². The number of aromatic carboxylic acids is 1. The fourth-order valence-corrected chi connectivity index (χ4v) is 3.37. The summed E-state index contributed by atoms with van der Waals surface area (Å²) in [5.41, 5.74) is -1.25. The average Bonchev–Trinajstić information content (AvgIpc) is 2.27. The van der Waals surface area contributed by atoms with Gasteiger partial charge in [0, 0.05) is 0 Å². The number of benzene rings is 1. The molecule has 1 rings (SSSR count). The van der Waals surface area contributed by atoms with Crippen LogP contribution in [0.1, 0.15) is 30.6 Å². The van der Waals surface area contributed by atoms with Crippen LogP contribution in [0.5, 0.6) is 0 Å². The minimum atomic E-state index is -3.98. The van der Waals surface area contributed by atoms with Gasteiger partial charge in [-0.2, -0.15) is 0 Å². The molecule has 0 aromatic heterocycles. The predicted octanol–water partition coefficient (Wildman–Crippen LogP) is 2.48. The fraction of sp³-hybridized carbons (Fsp3) is 0.417. The van der Waals surface area contributed by atoms with E-state index in [2.05, 4.69) is 0 Å².